The molecule has 2 rings (SSSR count). The molecule has 0 aliphatic heterocycles. The highest BCUT2D eigenvalue weighted by atomic mass is 35.5. The van der Waals surface area contributed by atoms with Crippen molar-refractivity contribution < 1.29 is 0 Å². The quantitative estimate of drug-likeness (QED) is 0.722. The molecule has 0 aromatic heterocycles. The first-order chi connectivity index (χ1) is 9.61. The third-order valence-electron chi connectivity index (χ3n) is 3.29. The first-order valence-corrected chi connectivity index (χ1v) is 7.63. The maximum atomic E-state index is 6.23. The van der Waals surface area contributed by atoms with Crippen LogP contribution in [0.15, 0.2) is 36.4 Å². The highest BCUT2D eigenvalue weighted by Gasteiger charge is 2.07. The van der Waals surface area contributed by atoms with E-state index in [1.54, 1.807) is 0 Å². The van der Waals surface area contributed by atoms with E-state index in [9.17, 15) is 0 Å². The lowest BCUT2D eigenvalue weighted by Crippen LogP contribution is -2.14. The van der Waals surface area contributed by atoms with E-state index >= 15 is 0 Å². The topological polar surface area (TPSA) is 12.0 Å². The van der Waals surface area contributed by atoms with Crippen molar-refractivity contribution in [3.63, 3.8) is 0 Å². The van der Waals surface area contributed by atoms with Crippen molar-refractivity contribution in [3.05, 3.63) is 57.6 Å². The van der Waals surface area contributed by atoms with Gasteiger partial charge in [0, 0.05) is 16.6 Å². The van der Waals surface area contributed by atoms with Crippen LogP contribution >= 0.6 is 23.2 Å². The molecular formula is C17H19Cl2N. The molecule has 1 nitrogen and oxygen atoms in total. The van der Waals surface area contributed by atoms with Crippen molar-refractivity contribution in [2.24, 2.45) is 0 Å². The Morgan fingerprint density at radius 2 is 1.85 bits per heavy atom. The molecule has 2 aromatic carbocycles. The molecule has 0 unspecified atom stereocenters. The van der Waals surface area contributed by atoms with Gasteiger partial charge in [-0.2, -0.15) is 0 Å². The molecule has 0 spiro atoms. The van der Waals surface area contributed by atoms with Gasteiger partial charge < -0.3 is 5.32 Å². The first kappa shape index (κ1) is 15.4. The van der Waals surface area contributed by atoms with Crippen molar-refractivity contribution in [3.8, 4) is 11.1 Å². The Morgan fingerprint density at radius 3 is 2.55 bits per heavy atom. The normalized spacial score (nSPS) is 10.8. The second-order valence-corrected chi connectivity index (χ2v) is 5.79. The number of rotatable bonds is 5. The molecule has 2 aromatic rings. The van der Waals surface area contributed by atoms with Crippen LogP contribution in [0.4, 0.5) is 0 Å². The number of hydrogen-bond donors (Lipinski definition) is 1. The van der Waals surface area contributed by atoms with Gasteiger partial charge in [-0.25, -0.2) is 0 Å². The van der Waals surface area contributed by atoms with Gasteiger partial charge in [0.25, 0.3) is 0 Å². The summed E-state index contributed by atoms with van der Waals surface area (Å²) in [5.41, 5.74) is 4.60. The lowest BCUT2D eigenvalue weighted by molar-refractivity contribution is 0.676. The van der Waals surface area contributed by atoms with Crippen molar-refractivity contribution in [2.45, 2.75) is 26.8 Å². The summed E-state index contributed by atoms with van der Waals surface area (Å²) in [4.78, 5) is 0. The summed E-state index contributed by atoms with van der Waals surface area (Å²) in [6, 6.07) is 12.2. The minimum absolute atomic E-state index is 0.764. The van der Waals surface area contributed by atoms with Crippen LogP contribution in [-0.4, -0.2) is 6.54 Å². The lowest BCUT2D eigenvalue weighted by atomic mass is 9.98. The van der Waals surface area contributed by atoms with Crippen molar-refractivity contribution >= 4 is 23.2 Å². The van der Waals surface area contributed by atoms with Crippen LogP contribution in [0.3, 0.4) is 0 Å². The third-order valence-corrected chi connectivity index (χ3v) is 3.93. The number of nitrogens with one attached hydrogen (secondary N) is 1. The van der Waals surface area contributed by atoms with Crippen LogP contribution in [0.1, 0.15) is 24.5 Å². The van der Waals surface area contributed by atoms with Crippen molar-refractivity contribution in [2.75, 3.05) is 6.54 Å². The fraction of sp³-hybridized carbons (Fsp3) is 0.294. The van der Waals surface area contributed by atoms with Gasteiger partial charge in [0.2, 0.25) is 0 Å². The average molecular weight is 308 g/mol. The summed E-state index contributed by atoms with van der Waals surface area (Å²) in [6.45, 7) is 5.99. The van der Waals surface area contributed by atoms with Crippen molar-refractivity contribution in [1.29, 1.82) is 0 Å². The van der Waals surface area contributed by atoms with Gasteiger partial charge in [0.05, 0.1) is 0 Å². The smallest absolute Gasteiger partial charge is 0.0441 e. The second-order valence-electron chi connectivity index (χ2n) is 4.94. The SMILES string of the molecule is CCCNCc1cc(Cl)ccc1-c1ccc(C)c(Cl)c1. The van der Waals surface area contributed by atoms with Crippen molar-refractivity contribution in [1.82, 2.24) is 5.32 Å². The third kappa shape index (κ3) is 3.76. The molecule has 0 bridgehead atoms. The van der Waals surface area contributed by atoms with Crippen LogP contribution in [0.5, 0.6) is 0 Å². The van der Waals surface area contributed by atoms with Crippen LogP contribution in [0.2, 0.25) is 10.0 Å². The number of aryl methyl sites for hydroxylation is 1. The van der Waals surface area contributed by atoms with Gasteiger partial charge in [-0.1, -0.05) is 48.3 Å². The molecular weight excluding hydrogens is 289 g/mol. The molecule has 3 heteroatoms. The predicted molar refractivity (Wildman–Crippen MR) is 88.6 cm³/mol. The van der Waals surface area contributed by atoms with Gasteiger partial charge in [-0.15, -0.1) is 0 Å². The molecule has 0 aliphatic carbocycles. The second kappa shape index (κ2) is 7.12. The molecule has 0 saturated heterocycles. The Bertz CT molecular complexity index is 594. The van der Waals surface area contributed by atoms with Gasteiger partial charge in [-0.3, -0.25) is 0 Å². The Morgan fingerprint density at radius 1 is 1.05 bits per heavy atom. The molecule has 0 atom stereocenters. The minimum atomic E-state index is 0.764. The molecule has 0 heterocycles. The first-order valence-electron chi connectivity index (χ1n) is 6.87. The van der Waals surface area contributed by atoms with E-state index in [-0.39, 0.29) is 0 Å². The largest absolute Gasteiger partial charge is 0.313 e. The van der Waals surface area contributed by atoms with Crippen LogP contribution in [-0.2, 0) is 6.54 Å². The van der Waals surface area contributed by atoms with Gasteiger partial charge in [-0.05, 0) is 60.3 Å². The minimum Gasteiger partial charge on any atom is -0.313 e. The summed E-state index contributed by atoms with van der Waals surface area (Å²) in [6.07, 6.45) is 1.12. The van der Waals surface area contributed by atoms with E-state index < -0.39 is 0 Å². The zero-order chi connectivity index (χ0) is 14.5. The zero-order valence-electron chi connectivity index (χ0n) is 11.8. The Balaban J connectivity index is 2.36. The number of benzene rings is 2. The van der Waals surface area contributed by atoms with E-state index in [1.807, 2.05) is 25.1 Å². The summed E-state index contributed by atoms with van der Waals surface area (Å²) >= 11 is 12.4. The summed E-state index contributed by atoms with van der Waals surface area (Å²) in [5, 5.41) is 4.98. The number of hydrogen-bond acceptors (Lipinski definition) is 1. The zero-order valence-corrected chi connectivity index (χ0v) is 13.4. The molecule has 0 saturated carbocycles. The molecule has 106 valence electrons. The highest BCUT2D eigenvalue weighted by Crippen LogP contribution is 2.29. The monoisotopic (exact) mass is 307 g/mol. The molecule has 0 aliphatic rings. The summed E-state index contributed by atoms with van der Waals surface area (Å²) < 4.78 is 0. The highest BCUT2D eigenvalue weighted by molar-refractivity contribution is 6.31. The molecule has 1 N–H and O–H groups in total. The summed E-state index contributed by atoms with van der Waals surface area (Å²) in [5.74, 6) is 0. The van der Waals surface area contributed by atoms with E-state index in [1.165, 1.54) is 11.1 Å². The average Bonchev–Trinajstić information content (AvgIpc) is 2.43. The van der Waals surface area contributed by atoms with Gasteiger partial charge in [0.15, 0.2) is 0 Å². The van der Waals surface area contributed by atoms with Gasteiger partial charge in [0.1, 0.15) is 0 Å². The lowest BCUT2D eigenvalue weighted by Gasteiger charge is -2.12. The summed E-state index contributed by atoms with van der Waals surface area (Å²) in [7, 11) is 0. The fourth-order valence-corrected chi connectivity index (χ4v) is 2.53. The number of halogens is 2. The van der Waals surface area contributed by atoms with E-state index in [0.29, 0.717) is 0 Å². The van der Waals surface area contributed by atoms with E-state index in [2.05, 4.69) is 30.4 Å². The van der Waals surface area contributed by atoms with Crippen LogP contribution in [0.25, 0.3) is 11.1 Å². The Hall–Kier alpha value is -1.02. The van der Waals surface area contributed by atoms with Crippen LogP contribution in [0, 0.1) is 6.92 Å². The van der Waals surface area contributed by atoms with E-state index in [0.717, 1.165) is 40.7 Å². The maximum Gasteiger partial charge on any atom is 0.0441 e. The predicted octanol–water partition coefficient (Wildman–Crippen LogP) is 5.47. The molecule has 0 fully saturated rings. The van der Waals surface area contributed by atoms with E-state index in [4.69, 9.17) is 23.2 Å². The fourth-order valence-electron chi connectivity index (χ4n) is 2.15. The molecule has 20 heavy (non-hydrogen) atoms. The maximum absolute atomic E-state index is 6.23. The Kier molecular flexibility index (Phi) is 5.47. The standard InChI is InChI=1S/C17H19Cl2N/c1-3-8-20-11-14-9-15(18)6-7-16(14)13-5-4-12(2)17(19)10-13/h4-7,9-10,20H,3,8,11H2,1-2H3. The van der Waals surface area contributed by atoms with Gasteiger partial charge >= 0.3 is 0 Å². The Labute approximate surface area is 130 Å². The molecule has 0 radical (unpaired) electrons. The van der Waals surface area contributed by atoms with Crippen LogP contribution < -0.4 is 5.32 Å². The molecule has 0 amide bonds.